The highest BCUT2D eigenvalue weighted by Crippen LogP contribution is 2.32. The Labute approximate surface area is 88.1 Å². The number of nitrogens with zero attached hydrogens (tertiary/aromatic N) is 1. The van der Waals surface area contributed by atoms with Gasteiger partial charge < -0.3 is 10.2 Å². The topological polar surface area (TPSA) is 15.3 Å². The molecule has 14 heavy (non-hydrogen) atoms. The summed E-state index contributed by atoms with van der Waals surface area (Å²) in [5.74, 6) is 0.937. The van der Waals surface area contributed by atoms with E-state index in [-0.39, 0.29) is 0 Å². The van der Waals surface area contributed by atoms with Gasteiger partial charge in [0.1, 0.15) is 0 Å². The first-order valence-corrected chi connectivity index (χ1v) is 6.25. The van der Waals surface area contributed by atoms with Gasteiger partial charge in [-0.1, -0.05) is 6.92 Å². The molecule has 2 saturated carbocycles. The van der Waals surface area contributed by atoms with Gasteiger partial charge in [0.2, 0.25) is 0 Å². The zero-order valence-corrected chi connectivity index (χ0v) is 9.63. The third-order valence-electron chi connectivity index (χ3n) is 3.77. The zero-order chi connectivity index (χ0) is 9.97. The summed E-state index contributed by atoms with van der Waals surface area (Å²) in [6.07, 6.45) is 6.99. The predicted molar refractivity (Wildman–Crippen MR) is 60.5 cm³/mol. The Bertz CT molecular complexity index is 177. The minimum absolute atomic E-state index is 0.876. The van der Waals surface area contributed by atoms with Gasteiger partial charge in [0.05, 0.1) is 0 Å². The van der Waals surface area contributed by atoms with Crippen molar-refractivity contribution in [3.8, 4) is 0 Å². The third kappa shape index (κ3) is 2.48. The summed E-state index contributed by atoms with van der Waals surface area (Å²) >= 11 is 0. The predicted octanol–water partition coefficient (Wildman–Crippen LogP) is 1.86. The summed E-state index contributed by atoms with van der Waals surface area (Å²) in [6.45, 7) is 4.81. The van der Waals surface area contributed by atoms with Crippen LogP contribution >= 0.6 is 0 Å². The minimum atomic E-state index is 0.876. The summed E-state index contributed by atoms with van der Waals surface area (Å²) in [5, 5.41) is 3.66. The van der Waals surface area contributed by atoms with E-state index in [4.69, 9.17) is 0 Å². The first kappa shape index (κ1) is 10.4. The Kier molecular flexibility index (Phi) is 3.45. The van der Waals surface area contributed by atoms with Gasteiger partial charge in [0.15, 0.2) is 0 Å². The summed E-state index contributed by atoms with van der Waals surface area (Å²) in [7, 11) is 2.29. The molecule has 2 aliphatic carbocycles. The van der Waals surface area contributed by atoms with Crippen molar-refractivity contribution in [1.29, 1.82) is 0 Å². The maximum atomic E-state index is 3.66. The lowest BCUT2D eigenvalue weighted by molar-refractivity contribution is 0.0837. The Morgan fingerprint density at radius 2 is 2.00 bits per heavy atom. The highest BCUT2D eigenvalue weighted by atomic mass is 15.1. The van der Waals surface area contributed by atoms with Crippen molar-refractivity contribution >= 4 is 0 Å². The van der Waals surface area contributed by atoms with Crippen molar-refractivity contribution in [3.63, 3.8) is 0 Å². The second-order valence-corrected chi connectivity index (χ2v) is 5.07. The average Bonchev–Trinajstić information content (AvgIpc) is 2.86. The molecule has 0 bridgehead atoms. The van der Waals surface area contributed by atoms with Gasteiger partial charge in [-0.05, 0) is 58.2 Å². The van der Waals surface area contributed by atoms with Gasteiger partial charge in [-0.25, -0.2) is 0 Å². The second kappa shape index (κ2) is 4.63. The molecule has 2 nitrogen and oxygen atoms in total. The maximum Gasteiger partial charge on any atom is 0.0133 e. The molecule has 0 heterocycles. The van der Waals surface area contributed by atoms with Crippen LogP contribution in [0.3, 0.4) is 0 Å². The first-order valence-electron chi connectivity index (χ1n) is 6.25. The van der Waals surface area contributed by atoms with Crippen molar-refractivity contribution in [3.05, 3.63) is 0 Å². The first-order chi connectivity index (χ1) is 6.81. The van der Waals surface area contributed by atoms with Gasteiger partial charge >= 0.3 is 0 Å². The maximum absolute atomic E-state index is 3.66. The smallest absolute Gasteiger partial charge is 0.0133 e. The molecule has 0 aromatic heterocycles. The van der Waals surface area contributed by atoms with Crippen molar-refractivity contribution in [1.82, 2.24) is 10.2 Å². The fourth-order valence-corrected chi connectivity index (χ4v) is 2.49. The second-order valence-electron chi connectivity index (χ2n) is 5.07. The molecule has 0 radical (unpaired) electrons. The zero-order valence-electron chi connectivity index (χ0n) is 9.63. The number of rotatable bonds is 6. The highest BCUT2D eigenvalue weighted by Gasteiger charge is 2.34. The number of nitrogens with one attached hydrogen (secondary N) is 1. The molecule has 0 aromatic rings. The van der Waals surface area contributed by atoms with Gasteiger partial charge in [-0.2, -0.15) is 0 Å². The van der Waals surface area contributed by atoms with Crippen LogP contribution in [0.15, 0.2) is 0 Å². The van der Waals surface area contributed by atoms with Crippen LogP contribution in [0.25, 0.3) is 0 Å². The fraction of sp³-hybridized carbons (Fsp3) is 1.00. The largest absolute Gasteiger partial charge is 0.314 e. The molecule has 2 heteroatoms. The lowest BCUT2D eigenvalue weighted by atomic mass is 9.78. The Balaban J connectivity index is 1.65. The van der Waals surface area contributed by atoms with Gasteiger partial charge in [0.25, 0.3) is 0 Å². The Morgan fingerprint density at radius 1 is 1.21 bits per heavy atom. The van der Waals surface area contributed by atoms with E-state index >= 15 is 0 Å². The molecule has 0 saturated heterocycles. The van der Waals surface area contributed by atoms with Crippen LogP contribution in [0.2, 0.25) is 0 Å². The summed E-state index contributed by atoms with van der Waals surface area (Å²) in [4.78, 5) is 2.56. The SMILES string of the molecule is CCCN(C)C1CCC1CNC1CC1. The molecule has 2 unspecified atom stereocenters. The van der Waals surface area contributed by atoms with Gasteiger partial charge in [-0.3, -0.25) is 0 Å². The molecule has 0 aliphatic heterocycles. The summed E-state index contributed by atoms with van der Waals surface area (Å²) in [5.41, 5.74) is 0. The molecule has 0 amide bonds. The van der Waals surface area contributed by atoms with Crippen LogP contribution in [0, 0.1) is 5.92 Å². The van der Waals surface area contributed by atoms with Crippen LogP contribution in [-0.4, -0.2) is 37.1 Å². The van der Waals surface area contributed by atoms with E-state index in [9.17, 15) is 0 Å². The molecule has 1 N–H and O–H groups in total. The fourth-order valence-electron chi connectivity index (χ4n) is 2.49. The van der Waals surface area contributed by atoms with E-state index in [1.807, 2.05) is 0 Å². The van der Waals surface area contributed by atoms with Gasteiger partial charge in [0, 0.05) is 12.1 Å². The van der Waals surface area contributed by atoms with Crippen LogP contribution < -0.4 is 5.32 Å². The molecule has 2 aliphatic rings. The lowest BCUT2D eigenvalue weighted by Crippen LogP contribution is -2.49. The Morgan fingerprint density at radius 3 is 2.50 bits per heavy atom. The lowest BCUT2D eigenvalue weighted by Gasteiger charge is -2.43. The number of hydrogen-bond acceptors (Lipinski definition) is 2. The molecule has 2 atom stereocenters. The monoisotopic (exact) mass is 196 g/mol. The molecule has 82 valence electrons. The van der Waals surface area contributed by atoms with E-state index in [1.54, 1.807) is 0 Å². The standard InChI is InChI=1S/C12H24N2/c1-3-8-14(2)12-7-4-10(12)9-13-11-5-6-11/h10-13H,3-9H2,1-2H3. The van der Waals surface area contributed by atoms with E-state index in [0.717, 1.165) is 18.0 Å². The average molecular weight is 196 g/mol. The third-order valence-corrected chi connectivity index (χ3v) is 3.77. The Hall–Kier alpha value is -0.0800. The molecule has 0 spiro atoms. The van der Waals surface area contributed by atoms with Crippen molar-refractivity contribution < 1.29 is 0 Å². The van der Waals surface area contributed by atoms with E-state index in [1.165, 1.54) is 45.2 Å². The minimum Gasteiger partial charge on any atom is -0.314 e. The summed E-state index contributed by atoms with van der Waals surface area (Å²) in [6, 6.07) is 1.76. The molecule has 2 rings (SSSR count). The molecular formula is C12H24N2. The van der Waals surface area contributed by atoms with Crippen LogP contribution in [-0.2, 0) is 0 Å². The van der Waals surface area contributed by atoms with Gasteiger partial charge in [-0.15, -0.1) is 0 Å². The van der Waals surface area contributed by atoms with E-state index in [2.05, 4.69) is 24.2 Å². The van der Waals surface area contributed by atoms with Crippen LogP contribution in [0.4, 0.5) is 0 Å². The quantitative estimate of drug-likeness (QED) is 0.697. The molecular weight excluding hydrogens is 172 g/mol. The van der Waals surface area contributed by atoms with Crippen LogP contribution in [0.5, 0.6) is 0 Å². The van der Waals surface area contributed by atoms with Crippen molar-refractivity contribution in [2.24, 2.45) is 5.92 Å². The van der Waals surface area contributed by atoms with E-state index < -0.39 is 0 Å². The highest BCUT2D eigenvalue weighted by molar-refractivity contribution is 4.91. The van der Waals surface area contributed by atoms with Crippen molar-refractivity contribution in [2.45, 2.75) is 51.1 Å². The van der Waals surface area contributed by atoms with Crippen molar-refractivity contribution in [2.75, 3.05) is 20.1 Å². The summed E-state index contributed by atoms with van der Waals surface area (Å²) < 4.78 is 0. The van der Waals surface area contributed by atoms with E-state index in [0.29, 0.717) is 0 Å². The molecule has 0 aromatic carbocycles. The molecule has 2 fully saturated rings. The normalized spacial score (nSPS) is 31.9. The van der Waals surface area contributed by atoms with Crippen LogP contribution in [0.1, 0.15) is 39.0 Å². The number of hydrogen-bond donors (Lipinski definition) is 1.